The van der Waals surface area contributed by atoms with E-state index in [-0.39, 0.29) is 12.4 Å². The summed E-state index contributed by atoms with van der Waals surface area (Å²) in [6.07, 6.45) is 0. The quantitative estimate of drug-likeness (QED) is 0.634. The predicted octanol–water partition coefficient (Wildman–Crippen LogP) is 3.83. The molecule has 0 spiro atoms. The van der Waals surface area contributed by atoms with Crippen molar-refractivity contribution in [1.82, 2.24) is 0 Å². The van der Waals surface area contributed by atoms with Crippen LogP contribution in [-0.4, -0.2) is 18.4 Å². The van der Waals surface area contributed by atoms with Gasteiger partial charge in [0.25, 0.3) is 0 Å². The molecule has 0 aliphatic rings. The van der Waals surface area contributed by atoms with Gasteiger partial charge in [-0.1, -0.05) is 6.07 Å². The summed E-state index contributed by atoms with van der Waals surface area (Å²) in [5.41, 5.74) is 5.41. The number of Topliss-reactive ketones (excluding diaryl/α,β-unsaturated/α-hetero) is 1. The zero-order valence-corrected chi connectivity index (χ0v) is 14.3. The molecule has 4 heteroatoms. The average Bonchev–Trinajstić information content (AvgIpc) is 2.57. The Kier molecular flexibility index (Phi) is 5.15. The third-order valence-corrected chi connectivity index (χ3v) is 4.22. The summed E-state index contributed by atoms with van der Waals surface area (Å²) in [7, 11) is 0. The number of ether oxygens (including phenoxy) is 1. The zero-order chi connectivity index (χ0) is 17.9. The maximum absolute atomic E-state index is 12.5. The number of hydrogen-bond acceptors (Lipinski definition) is 4. The number of ketones is 1. The Hall–Kier alpha value is -2.93. The maximum atomic E-state index is 12.5. The van der Waals surface area contributed by atoms with Crippen LogP contribution < -0.4 is 0 Å². The van der Waals surface area contributed by atoms with Crippen LogP contribution in [-0.2, 0) is 4.74 Å². The Bertz CT molecular complexity index is 843. The van der Waals surface area contributed by atoms with Crippen LogP contribution in [0.2, 0.25) is 0 Å². The molecule has 0 saturated heterocycles. The molecule has 0 aliphatic heterocycles. The number of carbonyl (C=O) groups is 2. The van der Waals surface area contributed by atoms with E-state index in [1.54, 1.807) is 0 Å². The Morgan fingerprint density at radius 2 is 1.62 bits per heavy atom. The number of hydrogen-bond donors (Lipinski definition) is 0. The van der Waals surface area contributed by atoms with E-state index in [1.807, 2.05) is 39.8 Å². The molecule has 0 fully saturated rings. The smallest absolute Gasteiger partial charge is 0.338 e. The number of nitrogens with zero attached hydrogens (tertiary/aromatic N) is 1. The van der Waals surface area contributed by atoms with Gasteiger partial charge < -0.3 is 4.74 Å². The number of rotatable bonds is 4. The first kappa shape index (κ1) is 17.4. The van der Waals surface area contributed by atoms with E-state index in [0.717, 1.165) is 22.3 Å². The molecule has 0 N–H and O–H groups in total. The first-order valence-electron chi connectivity index (χ1n) is 7.63. The van der Waals surface area contributed by atoms with Crippen molar-refractivity contribution < 1.29 is 14.3 Å². The lowest BCUT2D eigenvalue weighted by molar-refractivity contribution is 0.0474. The molecule has 0 aliphatic carbocycles. The topological polar surface area (TPSA) is 67.2 Å². The lowest BCUT2D eigenvalue weighted by Crippen LogP contribution is -2.17. The molecule has 122 valence electrons. The zero-order valence-electron chi connectivity index (χ0n) is 14.3. The van der Waals surface area contributed by atoms with Gasteiger partial charge in [0.1, 0.15) is 0 Å². The first-order chi connectivity index (χ1) is 11.3. The van der Waals surface area contributed by atoms with Crippen molar-refractivity contribution in [3.05, 3.63) is 69.3 Å². The van der Waals surface area contributed by atoms with Crippen LogP contribution in [0.1, 0.15) is 48.5 Å². The van der Waals surface area contributed by atoms with Crippen molar-refractivity contribution >= 4 is 11.8 Å². The summed E-state index contributed by atoms with van der Waals surface area (Å²) < 4.78 is 5.13. The van der Waals surface area contributed by atoms with Gasteiger partial charge in [0.15, 0.2) is 6.61 Å². The summed E-state index contributed by atoms with van der Waals surface area (Å²) in [5.74, 6) is -0.790. The van der Waals surface area contributed by atoms with Crippen LogP contribution in [0, 0.1) is 39.0 Å². The van der Waals surface area contributed by atoms with Gasteiger partial charge in [0, 0.05) is 5.56 Å². The second-order valence-corrected chi connectivity index (χ2v) is 5.82. The highest BCUT2D eigenvalue weighted by molar-refractivity contribution is 6.01. The van der Waals surface area contributed by atoms with Crippen molar-refractivity contribution in [3.63, 3.8) is 0 Å². The average molecular weight is 321 g/mol. The molecular weight excluding hydrogens is 302 g/mol. The second kappa shape index (κ2) is 7.10. The standard InChI is InChI=1S/C20H19NO3/c1-12-9-13(2)19(15(4)14(12)3)18(22)11-24-20(23)17-7-5-16(10-21)6-8-17/h5-9H,11H2,1-4H3. The van der Waals surface area contributed by atoms with Crippen LogP contribution >= 0.6 is 0 Å². The Balaban J connectivity index is 2.12. The van der Waals surface area contributed by atoms with E-state index in [4.69, 9.17) is 10.00 Å². The Morgan fingerprint density at radius 1 is 1.00 bits per heavy atom. The number of aryl methyl sites for hydroxylation is 2. The third kappa shape index (κ3) is 3.52. The molecule has 0 radical (unpaired) electrons. The molecule has 0 unspecified atom stereocenters. The molecule has 2 rings (SSSR count). The van der Waals surface area contributed by atoms with E-state index >= 15 is 0 Å². The second-order valence-electron chi connectivity index (χ2n) is 5.82. The van der Waals surface area contributed by atoms with Crippen LogP contribution in [0.3, 0.4) is 0 Å². The highest BCUT2D eigenvalue weighted by Crippen LogP contribution is 2.22. The fourth-order valence-electron chi connectivity index (χ4n) is 2.68. The largest absolute Gasteiger partial charge is 0.454 e. The van der Waals surface area contributed by atoms with Gasteiger partial charge in [-0.25, -0.2) is 4.79 Å². The van der Waals surface area contributed by atoms with Gasteiger partial charge in [-0.15, -0.1) is 0 Å². The summed E-state index contributed by atoms with van der Waals surface area (Å²) >= 11 is 0. The lowest BCUT2D eigenvalue weighted by Gasteiger charge is -2.14. The SMILES string of the molecule is Cc1cc(C)c(C(=O)COC(=O)c2ccc(C#N)cc2)c(C)c1C. The van der Waals surface area contributed by atoms with Crippen molar-refractivity contribution in [2.75, 3.05) is 6.61 Å². The van der Waals surface area contributed by atoms with E-state index in [1.165, 1.54) is 24.3 Å². The summed E-state index contributed by atoms with van der Waals surface area (Å²) in [6.45, 7) is 7.47. The maximum Gasteiger partial charge on any atom is 0.338 e. The summed E-state index contributed by atoms with van der Waals surface area (Å²) in [6, 6.07) is 10.1. The molecular formula is C20H19NO3. The minimum absolute atomic E-state index is 0.213. The van der Waals surface area contributed by atoms with Crippen molar-refractivity contribution in [2.24, 2.45) is 0 Å². The van der Waals surface area contributed by atoms with Gasteiger partial charge in [-0.3, -0.25) is 4.79 Å². The Labute approximate surface area is 141 Å². The first-order valence-corrected chi connectivity index (χ1v) is 7.63. The molecule has 24 heavy (non-hydrogen) atoms. The van der Waals surface area contributed by atoms with Crippen molar-refractivity contribution in [3.8, 4) is 6.07 Å². The van der Waals surface area contributed by atoms with E-state index in [9.17, 15) is 9.59 Å². The fourth-order valence-corrected chi connectivity index (χ4v) is 2.68. The number of carbonyl (C=O) groups excluding carboxylic acids is 2. The molecule has 0 bridgehead atoms. The Morgan fingerprint density at radius 3 is 2.21 bits per heavy atom. The van der Waals surface area contributed by atoms with Crippen LogP contribution in [0.15, 0.2) is 30.3 Å². The van der Waals surface area contributed by atoms with E-state index in [0.29, 0.717) is 16.7 Å². The lowest BCUT2D eigenvalue weighted by atomic mass is 9.92. The minimum atomic E-state index is -0.577. The van der Waals surface area contributed by atoms with E-state index < -0.39 is 5.97 Å². The number of esters is 1. The summed E-state index contributed by atoms with van der Waals surface area (Å²) in [5, 5.41) is 8.75. The van der Waals surface area contributed by atoms with Gasteiger partial charge >= 0.3 is 5.97 Å². The molecule has 0 aromatic heterocycles. The van der Waals surface area contributed by atoms with Gasteiger partial charge in [0.05, 0.1) is 17.2 Å². The normalized spacial score (nSPS) is 10.1. The van der Waals surface area contributed by atoms with Gasteiger partial charge in [-0.2, -0.15) is 5.26 Å². The van der Waals surface area contributed by atoms with Gasteiger partial charge in [0.2, 0.25) is 5.78 Å². The number of nitriles is 1. The molecule has 4 nitrogen and oxygen atoms in total. The fraction of sp³-hybridized carbons (Fsp3) is 0.250. The molecule has 2 aromatic rings. The van der Waals surface area contributed by atoms with Crippen molar-refractivity contribution in [1.29, 1.82) is 5.26 Å². The molecule has 0 saturated carbocycles. The monoisotopic (exact) mass is 321 g/mol. The molecule has 0 heterocycles. The predicted molar refractivity (Wildman–Crippen MR) is 91.2 cm³/mol. The molecule has 2 aromatic carbocycles. The van der Waals surface area contributed by atoms with Crippen LogP contribution in [0.4, 0.5) is 0 Å². The van der Waals surface area contributed by atoms with Crippen molar-refractivity contribution in [2.45, 2.75) is 27.7 Å². The van der Waals surface area contributed by atoms with Crippen LogP contribution in [0.5, 0.6) is 0 Å². The minimum Gasteiger partial charge on any atom is -0.454 e. The highest BCUT2D eigenvalue weighted by Gasteiger charge is 2.17. The molecule has 0 amide bonds. The van der Waals surface area contributed by atoms with Crippen LogP contribution in [0.25, 0.3) is 0 Å². The number of benzene rings is 2. The summed E-state index contributed by atoms with van der Waals surface area (Å²) in [4.78, 5) is 24.5. The third-order valence-electron chi connectivity index (χ3n) is 4.22. The van der Waals surface area contributed by atoms with Gasteiger partial charge in [-0.05, 0) is 74.2 Å². The van der Waals surface area contributed by atoms with E-state index in [2.05, 4.69) is 0 Å². The highest BCUT2D eigenvalue weighted by atomic mass is 16.5. The molecule has 0 atom stereocenters.